The van der Waals surface area contributed by atoms with E-state index in [9.17, 15) is 0 Å². The number of ether oxygens (including phenoxy) is 1. The molecule has 3 heteroatoms. The molecule has 2 fully saturated rings. The van der Waals surface area contributed by atoms with Crippen molar-refractivity contribution < 1.29 is 4.74 Å². The van der Waals surface area contributed by atoms with Gasteiger partial charge in [0.1, 0.15) is 0 Å². The topological polar surface area (TPSA) is 33.3 Å². The molecule has 0 bridgehead atoms. The summed E-state index contributed by atoms with van der Waals surface area (Å²) in [4.78, 5) is 0. The Morgan fingerprint density at radius 2 is 2.20 bits per heavy atom. The van der Waals surface area contributed by atoms with Gasteiger partial charge in [0, 0.05) is 19.2 Å². The van der Waals surface area contributed by atoms with E-state index in [1.54, 1.807) is 0 Å². The first-order chi connectivity index (χ1) is 7.45. The lowest BCUT2D eigenvalue weighted by Gasteiger charge is -2.22. The lowest BCUT2D eigenvalue weighted by molar-refractivity contribution is 0.0115. The number of nitrogens with one attached hydrogen (secondary N) is 2. The molecular formula is C12H24N2O. The zero-order valence-corrected chi connectivity index (χ0v) is 9.63. The van der Waals surface area contributed by atoms with E-state index in [2.05, 4.69) is 10.6 Å². The van der Waals surface area contributed by atoms with Crippen LogP contribution in [0.25, 0.3) is 0 Å². The minimum absolute atomic E-state index is 0.530. The van der Waals surface area contributed by atoms with E-state index >= 15 is 0 Å². The summed E-state index contributed by atoms with van der Waals surface area (Å²) in [6.45, 7) is 4.43. The number of rotatable bonds is 5. The van der Waals surface area contributed by atoms with Gasteiger partial charge in [0.05, 0.1) is 6.10 Å². The van der Waals surface area contributed by atoms with Crippen molar-refractivity contribution in [3.8, 4) is 0 Å². The molecule has 0 saturated carbocycles. The van der Waals surface area contributed by atoms with Crippen molar-refractivity contribution in [3.63, 3.8) is 0 Å². The monoisotopic (exact) mass is 212 g/mol. The Morgan fingerprint density at radius 1 is 1.20 bits per heavy atom. The predicted octanol–water partition coefficient (Wildman–Crippen LogP) is 1.29. The highest BCUT2D eigenvalue weighted by Gasteiger charge is 2.15. The lowest BCUT2D eigenvalue weighted by Crippen LogP contribution is -2.35. The highest BCUT2D eigenvalue weighted by Crippen LogP contribution is 2.14. The van der Waals surface area contributed by atoms with E-state index < -0.39 is 0 Å². The molecule has 2 heterocycles. The largest absolute Gasteiger partial charge is 0.378 e. The van der Waals surface area contributed by atoms with Crippen LogP contribution >= 0.6 is 0 Å². The van der Waals surface area contributed by atoms with Gasteiger partial charge in [0.15, 0.2) is 0 Å². The van der Waals surface area contributed by atoms with Crippen LogP contribution in [-0.4, -0.2) is 38.4 Å². The molecule has 88 valence electrons. The first-order valence-corrected chi connectivity index (χ1v) is 6.51. The third-order valence-electron chi connectivity index (χ3n) is 3.47. The Morgan fingerprint density at radius 3 is 2.93 bits per heavy atom. The fourth-order valence-corrected chi connectivity index (χ4v) is 2.51. The molecule has 0 aromatic carbocycles. The summed E-state index contributed by atoms with van der Waals surface area (Å²) in [5.74, 6) is 0. The van der Waals surface area contributed by atoms with Crippen LogP contribution in [0, 0.1) is 0 Å². The minimum atomic E-state index is 0.530. The molecule has 2 aliphatic rings. The van der Waals surface area contributed by atoms with Crippen molar-refractivity contribution in [2.24, 2.45) is 0 Å². The van der Waals surface area contributed by atoms with Gasteiger partial charge in [-0.3, -0.25) is 0 Å². The van der Waals surface area contributed by atoms with Gasteiger partial charge in [0.25, 0.3) is 0 Å². The van der Waals surface area contributed by atoms with E-state index in [0.29, 0.717) is 6.10 Å². The van der Waals surface area contributed by atoms with E-state index in [1.165, 1.54) is 45.1 Å². The third-order valence-corrected chi connectivity index (χ3v) is 3.47. The summed E-state index contributed by atoms with van der Waals surface area (Å²) in [5.41, 5.74) is 0. The van der Waals surface area contributed by atoms with Crippen LogP contribution in [0.3, 0.4) is 0 Å². The molecule has 0 aliphatic carbocycles. The Kier molecular flexibility index (Phi) is 4.90. The molecule has 2 N–H and O–H groups in total. The van der Waals surface area contributed by atoms with Crippen LogP contribution < -0.4 is 10.6 Å². The first-order valence-electron chi connectivity index (χ1n) is 6.51. The Balaban J connectivity index is 1.47. The predicted molar refractivity (Wildman–Crippen MR) is 62.1 cm³/mol. The molecule has 0 aromatic heterocycles. The summed E-state index contributed by atoms with van der Waals surface area (Å²) in [6, 6.07) is 0.720. The van der Waals surface area contributed by atoms with Crippen LogP contribution in [0.15, 0.2) is 0 Å². The zero-order chi connectivity index (χ0) is 10.3. The molecule has 2 aliphatic heterocycles. The van der Waals surface area contributed by atoms with Gasteiger partial charge in [-0.25, -0.2) is 0 Å². The summed E-state index contributed by atoms with van der Waals surface area (Å²) in [7, 11) is 0. The van der Waals surface area contributed by atoms with Crippen LogP contribution in [-0.2, 0) is 4.74 Å². The van der Waals surface area contributed by atoms with Gasteiger partial charge >= 0.3 is 0 Å². The summed E-state index contributed by atoms with van der Waals surface area (Å²) < 4.78 is 5.69. The maximum Gasteiger partial charge on any atom is 0.0587 e. The van der Waals surface area contributed by atoms with Crippen molar-refractivity contribution in [2.45, 2.75) is 50.7 Å². The van der Waals surface area contributed by atoms with Crippen molar-refractivity contribution in [1.82, 2.24) is 10.6 Å². The van der Waals surface area contributed by atoms with Crippen molar-refractivity contribution >= 4 is 0 Å². The van der Waals surface area contributed by atoms with Gasteiger partial charge in [0.2, 0.25) is 0 Å². The fourth-order valence-electron chi connectivity index (χ4n) is 2.51. The minimum Gasteiger partial charge on any atom is -0.378 e. The average Bonchev–Trinajstić information content (AvgIpc) is 2.79. The van der Waals surface area contributed by atoms with E-state index in [0.717, 1.165) is 25.7 Å². The number of hydrogen-bond donors (Lipinski definition) is 2. The molecule has 0 aromatic rings. The highest BCUT2D eigenvalue weighted by molar-refractivity contribution is 4.76. The molecular weight excluding hydrogens is 188 g/mol. The molecule has 2 atom stereocenters. The quantitative estimate of drug-likeness (QED) is 0.674. The second kappa shape index (κ2) is 6.46. The second-order valence-corrected chi connectivity index (χ2v) is 4.77. The van der Waals surface area contributed by atoms with Gasteiger partial charge in [-0.05, 0) is 51.6 Å². The Labute approximate surface area is 93.0 Å². The maximum atomic E-state index is 5.69. The molecule has 2 saturated heterocycles. The average molecular weight is 212 g/mol. The van der Waals surface area contributed by atoms with Crippen LogP contribution in [0.5, 0.6) is 0 Å². The fraction of sp³-hybridized carbons (Fsp3) is 1.00. The summed E-state index contributed by atoms with van der Waals surface area (Å²) >= 11 is 0. The molecule has 15 heavy (non-hydrogen) atoms. The normalized spacial score (nSPS) is 32.0. The zero-order valence-electron chi connectivity index (χ0n) is 9.63. The Bertz CT molecular complexity index is 163. The first kappa shape index (κ1) is 11.4. The molecule has 0 radical (unpaired) electrons. The van der Waals surface area contributed by atoms with Gasteiger partial charge in [-0.2, -0.15) is 0 Å². The number of hydrogen-bond acceptors (Lipinski definition) is 3. The van der Waals surface area contributed by atoms with Gasteiger partial charge in [-0.1, -0.05) is 0 Å². The van der Waals surface area contributed by atoms with Crippen molar-refractivity contribution in [2.75, 3.05) is 26.2 Å². The van der Waals surface area contributed by atoms with E-state index in [-0.39, 0.29) is 0 Å². The summed E-state index contributed by atoms with van der Waals surface area (Å²) in [5, 5.41) is 7.03. The second-order valence-electron chi connectivity index (χ2n) is 4.77. The third kappa shape index (κ3) is 4.09. The van der Waals surface area contributed by atoms with Crippen molar-refractivity contribution in [3.05, 3.63) is 0 Å². The van der Waals surface area contributed by atoms with Gasteiger partial charge in [-0.15, -0.1) is 0 Å². The molecule has 3 nitrogen and oxygen atoms in total. The SMILES string of the molecule is C1CCC(CCNCC2CCCN2)OC1. The Hall–Kier alpha value is -0.120. The highest BCUT2D eigenvalue weighted by atomic mass is 16.5. The van der Waals surface area contributed by atoms with Gasteiger partial charge < -0.3 is 15.4 Å². The molecule has 0 spiro atoms. The van der Waals surface area contributed by atoms with Crippen LogP contribution in [0.2, 0.25) is 0 Å². The van der Waals surface area contributed by atoms with E-state index in [1.807, 2.05) is 0 Å². The molecule has 2 rings (SSSR count). The van der Waals surface area contributed by atoms with E-state index in [4.69, 9.17) is 4.74 Å². The molecule has 2 unspecified atom stereocenters. The van der Waals surface area contributed by atoms with Crippen LogP contribution in [0.1, 0.15) is 38.5 Å². The lowest BCUT2D eigenvalue weighted by atomic mass is 10.1. The maximum absolute atomic E-state index is 5.69. The summed E-state index contributed by atoms with van der Waals surface area (Å²) in [6.07, 6.45) is 8.29. The molecule has 0 amide bonds. The van der Waals surface area contributed by atoms with Crippen molar-refractivity contribution in [1.29, 1.82) is 0 Å². The smallest absolute Gasteiger partial charge is 0.0587 e. The standard InChI is InChI=1S/C12H24N2O/c1-2-9-15-12(5-1)6-8-13-10-11-4-3-7-14-11/h11-14H,1-10H2. The van der Waals surface area contributed by atoms with Crippen LogP contribution in [0.4, 0.5) is 0 Å².